The van der Waals surface area contributed by atoms with E-state index in [-0.39, 0.29) is 88.7 Å². The topological polar surface area (TPSA) is 232 Å². The molecule has 2 aromatic heterocycles. The summed E-state index contributed by atoms with van der Waals surface area (Å²) in [5.41, 5.74) is 5.85. The van der Waals surface area contributed by atoms with Crippen molar-refractivity contribution in [3.63, 3.8) is 0 Å². The molecule has 2 rings (SSSR count). The SMILES string of the molecule is Nc1ncnc2c1ncn2[C@@H](C=O)O[C@@H](C=O)COP(=O)([O-])OP(=O)([O-])O.[Na+].[Na+]. The molecule has 29 heavy (non-hydrogen) atoms. The molecule has 0 bridgehead atoms. The molecule has 0 aromatic carbocycles. The third kappa shape index (κ3) is 8.51. The van der Waals surface area contributed by atoms with Crippen LogP contribution in [0.3, 0.4) is 0 Å². The summed E-state index contributed by atoms with van der Waals surface area (Å²) in [4.78, 5) is 63.8. The van der Waals surface area contributed by atoms with Crippen LogP contribution in [-0.2, 0) is 32.3 Å². The Kier molecular flexibility index (Phi) is 12.0. The summed E-state index contributed by atoms with van der Waals surface area (Å²) < 4.78 is 35.3. The Bertz CT molecular complexity index is 939. The molecule has 19 heteroatoms. The number of nitrogen functional groups attached to an aromatic ring is 1. The Morgan fingerprint density at radius 1 is 1.21 bits per heavy atom. The second kappa shape index (κ2) is 12.1. The molecule has 15 nitrogen and oxygen atoms in total. The van der Waals surface area contributed by atoms with Crippen molar-refractivity contribution >= 4 is 45.2 Å². The Labute approximate surface area is 206 Å². The minimum absolute atomic E-state index is 0. The maximum atomic E-state index is 11.3. The van der Waals surface area contributed by atoms with Crippen LogP contribution in [0.4, 0.5) is 5.82 Å². The van der Waals surface area contributed by atoms with Gasteiger partial charge in [-0.15, -0.1) is 0 Å². The van der Waals surface area contributed by atoms with E-state index < -0.39 is 34.6 Å². The second-order valence-corrected chi connectivity index (χ2v) is 7.46. The summed E-state index contributed by atoms with van der Waals surface area (Å²) in [5.74, 6) is 0.0224. The number of hydrogen-bond donors (Lipinski definition) is 2. The number of carbonyl (C=O) groups excluding carboxylic acids is 2. The van der Waals surface area contributed by atoms with E-state index in [1.54, 1.807) is 0 Å². The van der Waals surface area contributed by atoms with Crippen molar-refractivity contribution < 1.29 is 106 Å². The minimum Gasteiger partial charge on any atom is -0.756 e. The van der Waals surface area contributed by atoms with Crippen LogP contribution in [-0.4, -0.2) is 49.7 Å². The number of aldehydes is 2. The van der Waals surface area contributed by atoms with Crippen molar-refractivity contribution in [1.82, 2.24) is 19.5 Å². The quantitative estimate of drug-likeness (QED) is 0.187. The zero-order valence-corrected chi connectivity index (χ0v) is 20.8. The summed E-state index contributed by atoms with van der Waals surface area (Å²) in [6, 6.07) is 0. The van der Waals surface area contributed by atoms with Gasteiger partial charge in [-0.2, -0.15) is 0 Å². The van der Waals surface area contributed by atoms with Gasteiger partial charge in [0.05, 0.1) is 12.9 Å². The molecule has 0 spiro atoms. The predicted octanol–water partition coefficient (Wildman–Crippen LogP) is -8.34. The largest absolute Gasteiger partial charge is 1.00 e. The minimum atomic E-state index is -5.63. The number of aromatic nitrogens is 4. The second-order valence-electron chi connectivity index (χ2n) is 4.71. The van der Waals surface area contributed by atoms with Crippen molar-refractivity contribution in [2.45, 2.75) is 12.3 Å². The maximum absolute atomic E-state index is 11.3. The van der Waals surface area contributed by atoms with Crippen LogP contribution in [0, 0.1) is 0 Å². The van der Waals surface area contributed by atoms with Gasteiger partial charge in [-0.1, -0.05) is 0 Å². The first kappa shape index (κ1) is 28.9. The predicted molar refractivity (Wildman–Crippen MR) is 80.2 cm³/mol. The Balaban J connectivity index is 0.00000392. The molecular weight excluding hydrogens is 458 g/mol. The van der Waals surface area contributed by atoms with Gasteiger partial charge >= 0.3 is 59.1 Å². The third-order valence-electron chi connectivity index (χ3n) is 2.84. The molecule has 0 aliphatic carbocycles. The molecule has 4 atom stereocenters. The molecule has 3 N–H and O–H groups in total. The van der Waals surface area contributed by atoms with E-state index in [1.165, 1.54) is 0 Å². The number of phosphoric ester groups is 1. The summed E-state index contributed by atoms with van der Waals surface area (Å²) in [6.45, 7) is -1.04. The van der Waals surface area contributed by atoms with Crippen LogP contribution in [0.1, 0.15) is 6.23 Å². The molecule has 2 aromatic rings. The van der Waals surface area contributed by atoms with Crippen LogP contribution in [0.25, 0.3) is 11.2 Å². The third-order valence-corrected chi connectivity index (χ3v) is 4.93. The summed E-state index contributed by atoms with van der Waals surface area (Å²) >= 11 is 0. The fraction of sp³-hybridized carbons (Fsp3) is 0.300. The summed E-state index contributed by atoms with van der Waals surface area (Å²) in [6.07, 6.45) is -0.569. The Hall–Kier alpha value is -0.0900. The number of nitrogens with two attached hydrogens (primary N) is 1. The number of nitrogens with zero attached hydrogens (tertiary/aromatic N) is 4. The molecule has 0 aliphatic heterocycles. The number of rotatable bonds is 10. The van der Waals surface area contributed by atoms with Crippen molar-refractivity contribution in [3.8, 4) is 0 Å². The molecule has 0 aliphatic rings. The van der Waals surface area contributed by atoms with Gasteiger partial charge in [0.15, 0.2) is 30.3 Å². The van der Waals surface area contributed by atoms with E-state index in [2.05, 4.69) is 23.8 Å². The van der Waals surface area contributed by atoms with E-state index >= 15 is 0 Å². The number of hydrogen-bond acceptors (Lipinski definition) is 13. The first-order valence-electron chi connectivity index (χ1n) is 6.76. The van der Waals surface area contributed by atoms with E-state index in [4.69, 9.17) is 15.4 Å². The number of anilines is 1. The molecule has 0 amide bonds. The Morgan fingerprint density at radius 3 is 2.41 bits per heavy atom. The van der Waals surface area contributed by atoms with Gasteiger partial charge in [0.1, 0.15) is 17.9 Å². The van der Waals surface area contributed by atoms with E-state index in [0.29, 0.717) is 0 Å². The smallest absolute Gasteiger partial charge is 0.756 e. The normalized spacial score (nSPS) is 17.1. The van der Waals surface area contributed by atoms with Crippen LogP contribution in [0.15, 0.2) is 12.7 Å². The molecule has 0 radical (unpaired) electrons. The number of ether oxygens (including phenoxy) is 1. The van der Waals surface area contributed by atoms with Crippen LogP contribution in [0.2, 0.25) is 0 Å². The van der Waals surface area contributed by atoms with Gasteiger partial charge in [-0.05, 0) is 0 Å². The first-order valence-corrected chi connectivity index (χ1v) is 9.71. The van der Waals surface area contributed by atoms with Crippen molar-refractivity contribution in [1.29, 1.82) is 0 Å². The van der Waals surface area contributed by atoms with E-state index in [1.807, 2.05) is 0 Å². The summed E-state index contributed by atoms with van der Waals surface area (Å²) in [7, 11) is -11.1. The van der Waals surface area contributed by atoms with E-state index in [0.717, 1.165) is 17.2 Å². The zero-order valence-electron chi connectivity index (χ0n) is 15.1. The van der Waals surface area contributed by atoms with Crippen LogP contribution in [0.5, 0.6) is 0 Å². The molecule has 2 heterocycles. The van der Waals surface area contributed by atoms with Crippen molar-refractivity contribution in [2.75, 3.05) is 12.3 Å². The van der Waals surface area contributed by atoms with Crippen LogP contribution >= 0.6 is 15.6 Å². The Morgan fingerprint density at radius 2 is 1.86 bits per heavy atom. The summed E-state index contributed by atoms with van der Waals surface area (Å²) in [5, 5.41) is 0. The van der Waals surface area contributed by atoms with Crippen molar-refractivity contribution in [3.05, 3.63) is 12.7 Å². The fourth-order valence-corrected chi connectivity index (χ4v) is 3.35. The average Bonchev–Trinajstić information content (AvgIpc) is 2.98. The first-order chi connectivity index (χ1) is 12.6. The monoisotopic (exact) mass is 469 g/mol. The molecule has 2 unspecified atom stereocenters. The zero-order chi connectivity index (χ0) is 20.2. The van der Waals surface area contributed by atoms with Gasteiger partial charge in [0.25, 0.3) is 15.6 Å². The number of fused-ring (bicyclic) bond motifs is 1. The number of phosphoric acid groups is 2. The molecular formula is C10H11N5Na2O10P2. The standard InChI is InChI=1S/C10H13N5O10P2.2Na/c11-9-8-10(13-4-12-9)15(5-14-8)7(2-17)24-6(1-16)3-23-27(21,22)25-26(18,19)20;;/h1-2,4-7H,3H2,(H,21,22)(H2,11,12,13)(H2,18,19,20);;/q;2*+1/p-2/t6-,7+;;/m0../s1. The molecule has 0 saturated carbocycles. The van der Waals surface area contributed by atoms with Gasteiger partial charge in [-0.25, -0.2) is 19.3 Å². The maximum Gasteiger partial charge on any atom is 1.00 e. The van der Waals surface area contributed by atoms with Crippen LogP contribution < -0.4 is 74.6 Å². The fourth-order valence-electron chi connectivity index (χ4n) is 1.82. The van der Waals surface area contributed by atoms with Gasteiger partial charge in [-0.3, -0.25) is 18.5 Å². The number of carbonyl (C=O) groups is 2. The van der Waals surface area contributed by atoms with Crippen molar-refractivity contribution in [2.24, 2.45) is 0 Å². The molecule has 0 fully saturated rings. The van der Waals surface area contributed by atoms with Gasteiger partial charge < -0.3 is 34.5 Å². The number of imidazole rings is 1. The van der Waals surface area contributed by atoms with Gasteiger partial charge in [0, 0.05) is 0 Å². The average molecular weight is 469 g/mol. The molecule has 0 saturated heterocycles. The van der Waals surface area contributed by atoms with E-state index in [9.17, 15) is 28.5 Å². The molecule has 148 valence electrons. The van der Waals surface area contributed by atoms with Gasteiger partial charge in [0.2, 0.25) is 0 Å².